The molecule has 0 saturated carbocycles. The summed E-state index contributed by atoms with van der Waals surface area (Å²) in [4.78, 5) is 19.1. The highest BCUT2D eigenvalue weighted by atomic mass is 16.1. The van der Waals surface area contributed by atoms with E-state index in [1.54, 1.807) is 6.07 Å². The van der Waals surface area contributed by atoms with Crippen molar-refractivity contribution in [1.82, 2.24) is 15.5 Å². The maximum absolute atomic E-state index is 12.2. The third-order valence-electron chi connectivity index (χ3n) is 4.68. The number of aliphatic imine (C=N–C) groups is 1. The molecule has 6 nitrogen and oxygen atoms in total. The molecule has 0 aliphatic carbocycles. The fourth-order valence-electron chi connectivity index (χ4n) is 3.25. The largest absolute Gasteiger partial charge is 0.357 e. The summed E-state index contributed by atoms with van der Waals surface area (Å²) in [5.74, 6) is 3.06. The van der Waals surface area contributed by atoms with E-state index in [1.807, 2.05) is 25.1 Å². The number of amides is 1. The number of carbonyl (C=O) groups is 1. The molecule has 6 heteroatoms. The van der Waals surface area contributed by atoms with Crippen LogP contribution in [-0.4, -0.2) is 56.0 Å². The maximum atomic E-state index is 12.2. The molecule has 1 aromatic carbocycles. The zero-order chi connectivity index (χ0) is 20.0. The van der Waals surface area contributed by atoms with Crippen LogP contribution in [0.3, 0.4) is 0 Å². The maximum Gasteiger partial charge on any atom is 0.246 e. The lowest BCUT2D eigenvalue weighted by Crippen LogP contribution is -2.39. The molecule has 28 heavy (non-hydrogen) atoms. The zero-order valence-electron chi connectivity index (χ0n) is 17.0. The number of carbonyl (C=O) groups excluding carboxylic acids is 1. The Morgan fingerprint density at radius 3 is 2.71 bits per heavy atom. The van der Waals surface area contributed by atoms with Crippen LogP contribution in [0.1, 0.15) is 44.6 Å². The molecule has 1 amide bonds. The fraction of sp³-hybridized carbons (Fsp3) is 0.545. The van der Waals surface area contributed by atoms with Gasteiger partial charge in [-0.05, 0) is 64.0 Å². The number of nitrogens with zero attached hydrogens (tertiary/aromatic N) is 2. The Balaban J connectivity index is 1.74. The molecule has 0 spiro atoms. The summed E-state index contributed by atoms with van der Waals surface area (Å²) in [7, 11) is 0. The molecule has 0 radical (unpaired) electrons. The summed E-state index contributed by atoms with van der Waals surface area (Å²) in [6, 6.07) is 7.24. The molecular formula is C22H33N5O. The minimum absolute atomic E-state index is 0.0573. The van der Waals surface area contributed by atoms with Crippen LogP contribution in [-0.2, 0) is 4.79 Å². The van der Waals surface area contributed by atoms with Gasteiger partial charge < -0.3 is 20.9 Å². The van der Waals surface area contributed by atoms with E-state index in [4.69, 9.17) is 6.42 Å². The van der Waals surface area contributed by atoms with Crippen molar-refractivity contribution >= 4 is 17.6 Å². The van der Waals surface area contributed by atoms with Crippen LogP contribution in [0.5, 0.6) is 0 Å². The van der Waals surface area contributed by atoms with E-state index in [1.165, 1.54) is 38.8 Å². The molecular weight excluding hydrogens is 350 g/mol. The highest BCUT2D eigenvalue weighted by molar-refractivity contribution is 5.94. The van der Waals surface area contributed by atoms with Gasteiger partial charge in [0.2, 0.25) is 5.91 Å². The first kappa shape index (κ1) is 21.8. The monoisotopic (exact) mass is 383 g/mol. The molecule has 152 valence electrons. The van der Waals surface area contributed by atoms with Crippen LogP contribution in [0.15, 0.2) is 29.3 Å². The van der Waals surface area contributed by atoms with Crippen LogP contribution < -0.4 is 16.0 Å². The molecule has 1 aliphatic heterocycles. The van der Waals surface area contributed by atoms with E-state index in [0.29, 0.717) is 11.6 Å². The van der Waals surface area contributed by atoms with Gasteiger partial charge in [0.15, 0.2) is 5.96 Å². The summed E-state index contributed by atoms with van der Waals surface area (Å²) in [5.41, 5.74) is 1.42. The summed E-state index contributed by atoms with van der Waals surface area (Å²) >= 11 is 0. The second-order valence-electron chi connectivity index (χ2n) is 7.00. The second kappa shape index (κ2) is 12.8. The highest BCUT2D eigenvalue weighted by Gasteiger charge is 2.08. The fourth-order valence-corrected chi connectivity index (χ4v) is 3.25. The molecule has 0 atom stereocenters. The van der Waals surface area contributed by atoms with E-state index >= 15 is 0 Å². The van der Waals surface area contributed by atoms with Crippen molar-refractivity contribution in [2.75, 3.05) is 44.6 Å². The van der Waals surface area contributed by atoms with Gasteiger partial charge in [-0.15, -0.1) is 6.42 Å². The Hall–Kier alpha value is -2.52. The lowest BCUT2D eigenvalue weighted by atomic mass is 10.2. The molecule has 0 unspecified atom stereocenters. The van der Waals surface area contributed by atoms with Crippen LogP contribution in [0.25, 0.3) is 0 Å². The average molecular weight is 384 g/mol. The van der Waals surface area contributed by atoms with Gasteiger partial charge >= 0.3 is 0 Å². The summed E-state index contributed by atoms with van der Waals surface area (Å²) < 4.78 is 0. The molecule has 0 aromatic heterocycles. The summed E-state index contributed by atoms with van der Waals surface area (Å²) in [5, 5.41) is 9.33. The number of hydrogen-bond donors (Lipinski definition) is 3. The minimum atomic E-state index is -0.170. The van der Waals surface area contributed by atoms with Crippen molar-refractivity contribution in [2.24, 2.45) is 4.99 Å². The van der Waals surface area contributed by atoms with E-state index in [2.05, 4.69) is 31.8 Å². The predicted molar refractivity (Wildman–Crippen MR) is 117 cm³/mol. The SMILES string of the molecule is C#Cc1cccc(NC(=O)CN=C(NCC)NCCCN2CCCCCC2)c1. The first-order chi connectivity index (χ1) is 13.7. The molecule has 1 aromatic rings. The van der Waals surface area contributed by atoms with Gasteiger partial charge in [-0.25, -0.2) is 4.99 Å². The van der Waals surface area contributed by atoms with Gasteiger partial charge in [0.1, 0.15) is 6.54 Å². The van der Waals surface area contributed by atoms with E-state index in [9.17, 15) is 4.79 Å². The lowest BCUT2D eigenvalue weighted by Gasteiger charge is -2.20. The van der Waals surface area contributed by atoms with Gasteiger partial charge in [0, 0.05) is 24.3 Å². The number of rotatable bonds is 8. The van der Waals surface area contributed by atoms with E-state index in [-0.39, 0.29) is 12.5 Å². The van der Waals surface area contributed by atoms with Crippen molar-refractivity contribution < 1.29 is 4.79 Å². The Bertz CT molecular complexity index is 672. The summed E-state index contributed by atoms with van der Waals surface area (Å²) in [6.45, 7) is 7.21. The van der Waals surface area contributed by atoms with Gasteiger partial charge in [0.05, 0.1) is 0 Å². The van der Waals surface area contributed by atoms with Crippen LogP contribution >= 0.6 is 0 Å². The predicted octanol–water partition coefficient (Wildman–Crippen LogP) is 2.43. The first-order valence-electron chi connectivity index (χ1n) is 10.3. The quantitative estimate of drug-likeness (QED) is 0.279. The zero-order valence-corrected chi connectivity index (χ0v) is 17.0. The Kier molecular flexibility index (Phi) is 9.95. The topological polar surface area (TPSA) is 68.8 Å². The Morgan fingerprint density at radius 1 is 1.21 bits per heavy atom. The summed E-state index contributed by atoms with van der Waals surface area (Å²) in [6.07, 6.45) is 11.8. The first-order valence-corrected chi connectivity index (χ1v) is 10.3. The number of hydrogen-bond acceptors (Lipinski definition) is 3. The third-order valence-corrected chi connectivity index (χ3v) is 4.68. The Labute approximate surface area is 169 Å². The number of nitrogens with one attached hydrogen (secondary N) is 3. The number of benzene rings is 1. The lowest BCUT2D eigenvalue weighted by molar-refractivity contribution is -0.114. The van der Waals surface area contributed by atoms with Gasteiger partial charge in [-0.1, -0.05) is 24.8 Å². The molecule has 1 fully saturated rings. The van der Waals surface area contributed by atoms with Crippen molar-refractivity contribution in [2.45, 2.75) is 39.0 Å². The number of anilines is 1. The number of guanidine groups is 1. The molecule has 0 bridgehead atoms. The highest BCUT2D eigenvalue weighted by Crippen LogP contribution is 2.10. The molecule has 3 N–H and O–H groups in total. The smallest absolute Gasteiger partial charge is 0.246 e. The van der Waals surface area contributed by atoms with Crippen molar-refractivity contribution in [1.29, 1.82) is 0 Å². The normalized spacial score (nSPS) is 15.4. The van der Waals surface area contributed by atoms with Crippen molar-refractivity contribution in [3.05, 3.63) is 29.8 Å². The molecule has 2 rings (SSSR count). The van der Waals surface area contributed by atoms with E-state index in [0.717, 1.165) is 31.6 Å². The van der Waals surface area contributed by atoms with Crippen molar-refractivity contribution in [3.8, 4) is 12.3 Å². The van der Waals surface area contributed by atoms with Crippen LogP contribution in [0.2, 0.25) is 0 Å². The molecule has 1 saturated heterocycles. The molecule has 1 aliphatic rings. The number of likely N-dealkylation sites (tertiary alicyclic amines) is 1. The average Bonchev–Trinajstić information content (AvgIpc) is 2.98. The third kappa shape index (κ3) is 8.45. The van der Waals surface area contributed by atoms with E-state index < -0.39 is 0 Å². The van der Waals surface area contributed by atoms with Crippen LogP contribution in [0, 0.1) is 12.3 Å². The Morgan fingerprint density at radius 2 is 2.00 bits per heavy atom. The van der Waals surface area contributed by atoms with Crippen molar-refractivity contribution in [3.63, 3.8) is 0 Å². The standard InChI is InChI=1S/C22H33N5O/c1-3-19-11-9-12-20(17-19)26-21(28)18-25-22(23-4-2)24-13-10-16-27-14-7-5-6-8-15-27/h1,9,11-12,17H,4-8,10,13-16,18H2,2H3,(H,26,28)(H2,23,24,25). The van der Waals surface area contributed by atoms with Gasteiger partial charge in [-0.3, -0.25) is 4.79 Å². The van der Waals surface area contributed by atoms with Gasteiger partial charge in [-0.2, -0.15) is 0 Å². The minimum Gasteiger partial charge on any atom is -0.357 e. The molecule has 1 heterocycles. The number of terminal acetylenes is 1. The second-order valence-corrected chi connectivity index (χ2v) is 7.00. The van der Waals surface area contributed by atoms with Gasteiger partial charge in [0.25, 0.3) is 0 Å². The van der Waals surface area contributed by atoms with Crippen LogP contribution in [0.4, 0.5) is 5.69 Å².